The molecule has 1 aromatic carbocycles. The third-order valence-electron chi connectivity index (χ3n) is 2.87. The van der Waals surface area contributed by atoms with Crippen LogP contribution < -0.4 is 10.1 Å². The van der Waals surface area contributed by atoms with Gasteiger partial charge in [-0.3, -0.25) is 4.68 Å². The number of rotatable bonds is 8. The van der Waals surface area contributed by atoms with E-state index in [1.807, 2.05) is 23.0 Å². The summed E-state index contributed by atoms with van der Waals surface area (Å²) >= 11 is 3.37. The summed E-state index contributed by atoms with van der Waals surface area (Å²) in [4.78, 5) is 0. The lowest BCUT2D eigenvalue weighted by atomic mass is 10.2. The molecule has 20 heavy (non-hydrogen) atoms. The highest BCUT2D eigenvalue weighted by Gasteiger charge is 1.98. The lowest BCUT2D eigenvalue weighted by Crippen LogP contribution is -2.13. The highest BCUT2D eigenvalue weighted by Crippen LogP contribution is 2.12. The largest absolute Gasteiger partial charge is 0.492 e. The molecular weight excluding hydrogens is 318 g/mol. The van der Waals surface area contributed by atoms with Crippen molar-refractivity contribution in [2.75, 3.05) is 13.2 Å². The van der Waals surface area contributed by atoms with Crippen LogP contribution in [0.25, 0.3) is 0 Å². The Hall–Kier alpha value is -1.33. The van der Waals surface area contributed by atoms with Gasteiger partial charge in [0.25, 0.3) is 0 Å². The van der Waals surface area contributed by atoms with Gasteiger partial charge in [-0.25, -0.2) is 0 Å². The summed E-state index contributed by atoms with van der Waals surface area (Å²) in [5.74, 6) is 0.899. The molecule has 0 bridgehead atoms. The van der Waals surface area contributed by atoms with Crippen LogP contribution in [0, 0.1) is 0 Å². The van der Waals surface area contributed by atoms with Gasteiger partial charge >= 0.3 is 0 Å². The van der Waals surface area contributed by atoms with Gasteiger partial charge in [0.1, 0.15) is 12.4 Å². The van der Waals surface area contributed by atoms with Crippen LogP contribution in [0.2, 0.25) is 0 Å². The smallest absolute Gasteiger partial charge is 0.119 e. The zero-order valence-corrected chi connectivity index (χ0v) is 13.3. The minimum atomic E-state index is 0.613. The molecule has 0 unspecified atom stereocenters. The van der Waals surface area contributed by atoms with E-state index in [1.54, 1.807) is 6.20 Å². The van der Waals surface area contributed by atoms with Crippen LogP contribution in [0.15, 0.2) is 41.1 Å². The van der Waals surface area contributed by atoms with E-state index in [1.165, 1.54) is 5.56 Å². The van der Waals surface area contributed by atoms with Crippen molar-refractivity contribution in [3.63, 3.8) is 0 Å². The average Bonchev–Trinajstić information content (AvgIpc) is 2.87. The molecule has 0 atom stereocenters. The summed E-state index contributed by atoms with van der Waals surface area (Å²) in [5.41, 5.74) is 1.28. The van der Waals surface area contributed by atoms with E-state index in [0.717, 1.165) is 36.3 Å². The molecule has 0 aliphatic carbocycles. The number of hydrogen-bond acceptors (Lipinski definition) is 3. The molecule has 4 nitrogen and oxygen atoms in total. The molecule has 5 heteroatoms. The minimum absolute atomic E-state index is 0.613. The number of nitrogens with zero attached hydrogens (tertiary/aromatic N) is 2. The molecule has 1 N–H and O–H groups in total. The van der Waals surface area contributed by atoms with Crippen molar-refractivity contribution >= 4 is 15.9 Å². The predicted octanol–water partition coefficient (Wildman–Crippen LogP) is 3.22. The van der Waals surface area contributed by atoms with E-state index in [-0.39, 0.29) is 0 Å². The molecule has 0 radical (unpaired) electrons. The second-order valence-electron chi connectivity index (χ2n) is 4.59. The first-order valence-corrected chi connectivity index (χ1v) is 7.67. The van der Waals surface area contributed by atoms with Crippen molar-refractivity contribution in [3.05, 3.63) is 46.7 Å². The molecule has 0 fully saturated rings. The van der Waals surface area contributed by atoms with Crippen LogP contribution in [0.3, 0.4) is 0 Å². The van der Waals surface area contributed by atoms with Crippen molar-refractivity contribution in [1.82, 2.24) is 15.1 Å². The summed E-state index contributed by atoms with van der Waals surface area (Å²) in [6, 6.07) is 8.23. The topological polar surface area (TPSA) is 39.1 Å². The van der Waals surface area contributed by atoms with E-state index < -0.39 is 0 Å². The highest BCUT2D eigenvalue weighted by molar-refractivity contribution is 9.10. The van der Waals surface area contributed by atoms with Gasteiger partial charge in [0.15, 0.2) is 0 Å². The minimum Gasteiger partial charge on any atom is -0.492 e. The van der Waals surface area contributed by atoms with Crippen LogP contribution in [-0.4, -0.2) is 22.9 Å². The van der Waals surface area contributed by atoms with Crippen LogP contribution >= 0.6 is 15.9 Å². The monoisotopic (exact) mass is 337 g/mol. The fraction of sp³-hybridized carbons (Fsp3) is 0.400. The lowest BCUT2D eigenvalue weighted by molar-refractivity contribution is 0.291. The van der Waals surface area contributed by atoms with Crippen LogP contribution in [0.4, 0.5) is 0 Å². The van der Waals surface area contributed by atoms with Gasteiger partial charge in [-0.15, -0.1) is 0 Å². The maximum Gasteiger partial charge on any atom is 0.119 e. The molecule has 1 heterocycles. The molecule has 0 amide bonds. The molecule has 2 rings (SSSR count). The van der Waals surface area contributed by atoms with Crippen molar-refractivity contribution in [2.24, 2.45) is 0 Å². The van der Waals surface area contributed by atoms with E-state index >= 15 is 0 Å². The summed E-state index contributed by atoms with van der Waals surface area (Å²) in [6.45, 7) is 5.49. The van der Waals surface area contributed by atoms with E-state index in [0.29, 0.717) is 6.61 Å². The fourth-order valence-electron chi connectivity index (χ4n) is 1.83. The predicted molar refractivity (Wildman–Crippen MR) is 83.9 cm³/mol. The first kappa shape index (κ1) is 15.1. The van der Waals surface area contributed by atoms with Crippen molar-refractivity contribution in [1.29, 1.82) is 0 Å². The third-order valence-corrected chi connectivity index (χ3v) is 3.28. The Labute approximate surface area is 128 Å². The van der Waals surface area contributed by atoms with Gasteiger partial charge in [-0.1, -0.05) is 19.1 Å². The summed E-state index contributed by atoms with van der Waals surface area (Å²) in [5, 5.41) is 7.57. The Morgan fingerprint density at radius 2 is 2.10 bits per heavy atom. The Balaban J connectivity index is 1.73. The molecule has 108 valence electrons. The average molecular weight is 338 g/mol. The number of hydrogen-bond donors (Lipinski definition) is 1. The van der Waals surface area contributed by atoms with Gasteiger partial charge in [0.2, 0.25) is 0 Å². The maximum atomic E-state index is 5.70. The van der Waals surface area contributed by atoms with Gasteiger partial charge in [-0.2, -0.15) is 5.10 Å². The first-order valence-electron chi connectivity index (χ1n) is 6.88. The normalized spacial score (nSPS) is 10.7. The summed E-state index contributed by atoms with van der Waals surface area (Å²) in [6.07, 6.45) is 4.87. The molecule has 0 saturated carbocycles. The molecule has 0 aliphatic heterocycles. The number of ether oxygens (including phenoxy) is 1. The van der Waals surface area contributed by atoms with Gasteiger partial charge in [0, 0.05) is 12.7 Å². The second-order valence-corrected chi connectivity index (χ2v) is 5.51. The zero-order chi connectivity index (χ0) is 14.2. The van der Waals surface area contributed by atoms with Gasteiger partial charge in [0.05, 0.1) is 17.2 Å². The van der Waals surface area contributed by atoms with Crippen LogP contribution in [-0.2, 0) is 13.1 Å². The van der Waals surface area contributed by atoms with Crippen molar-refractivity contribution in [3.8, 4) is 5.75 Å². The first-order chi connectivity index (χ1) is 9.78. The Morgan fingerprint density at radius 3 is 2.75 bits per heavy atom. The summed E-state index contributed by atoms with van der Waals surface area (Å²) < 4.78 is 8.54. The van der Waals surface area contributed by atoms with E-state index in [4.69, 9.17) is 4.74 Å². The van der Waals surface area contributed by atoms with E-state index in [9.17, 15) is 0 Å². The third kappa shape index (κ3) is 4.98. The lowest BCUT2D eigenvalue weighted by Gasteiger charge is -2.08. The molecule has 0 saturated heterocycles. The number of benzene rings is 1. The molecule has 0 spiro atoms. The number of aromatic nitrogens is 2. The fourth-order valence-corrected chi connectivity index (χ4v) is 2.16. The molecule has 2 aromatic rings. The summed E-state index contributed by atoms with van der Waals surface area (Å²) in [7, 11) is 0. The second kappa shape index (κ2) is 8.07. The Kier molecular flexibility index (Phi) is 6.08. The molecule has 1 aromatic heterocycles. The standard InChI is InChI=1S/C15H20BrN3O/c1-2-7-17-10-13-3-5-15(6-4-13)20-9-8-19-12-14(16)11-18-19/h3-6,11-12,17H,2,7-10H2,1H3. The SMILES string of the molecule is CCCNCc1ccc(OCCn2cc(Br)cn2)cc1. The highest BCUT2D eigenvalue weighted by atomic mass is 79.9. The zero-order valence-electron chi connectivity index (χ0n) is 11.7. The maximum absolute atomic E-state index is 5.70. The van der Waals surface area contributed by atoms with Gasteiger partial charge in [-0.05, 0) is 46.6 Å². The Bertz CT molecular complexity index is 510. The molecular formula is C15H20BrN3O. The van der Waals surface area contributed by atoms with E-state index in [2.05, 4.69) is 45.4 Å². The quantitative estimate of drug-likeness (QED) is 0.751. The molecule has 0 aliphatic rings. The van der Waals surface area contributed by atoms with Crippen molar-refractivity contribution in [2.45, 2.75) is 26.4 Å². The van der Waals surface area contributed by atoms with Gasteiger partial charge < -0.3 is 10.1 Å². The number of halogens is 1. The van der Waals surface area contributed by atoms with Crippen molar-refractivity contribution < 1.29 is 4.74 Å². The van der Waals surface area contributed by atoms with Crippen LogP contribution in [0.5, 0.6) is 5.75 Å². The number of nitrogens with one attached hydrogen (secondary N) is 1. The van der Waals surface area contributed by atoms with Crippen LogP contribution in [0.1, 0.15) is 18.9 Å². The Morgan fingerprint density at radius 1 is 1.30 bits per heavy atom.